The number of hydrogen-bond donors (Lipinski definition) is 1. The van der Waals surface area contributed by atoms with Gasteiger partial charge in [-0.2, -0.15) is 0 Å². The van der Waals surface area contributed by atoms with Crippen LogP contribution in [0.4, 0.5) is 5.13 Å². The number of carbonyl (C=O) groups excluding carboxylic acids is 1. The minimum atomic E-state index is -0.188. The summed E-state index contributed by atoms with van der Waals surface area (Å²) in [4.78, 5) is 26.3. The summed E-state index contributed by atoms with van der Waals surface area (Å²) >= 11 is 1.43. The standard InChI is InChI=1S/C17H18N4O2S/c1-10-9-24-17(18-10)21(3)16(22)14-11(2)19-15(20-14)12-6-5-7-13(8-12)23-4/h5-9H,1-4H3,(H,19,20). The van der Waals surface area contributed by atoms with Crippen LogP contribution in [0.1, 0.15) is 21.9 Å². The smallest absolute Gasteiger partial charge is 0.280 e. The monoisotopic (exact) mass is 342 g/mol. The lowest BCUT2D eigenvalue weighted by molar-refractivity contribution is 0.0988. The van der Waals surface area contributed by atoms with E-state index in [9.17, 15) is 4.79 Å². The first-order valence-corrected chi connectivity index (χ1v) is 8.28. The number of amides is 1. The molecule has 0 aliphatic rings. The van der Waals surface area contributed by atoms with Crippen LogP contribution in [-0.4, -0.2) is 35.0 Å². The number of ether oxygens (including phenoxy) is 1. The highest BCUT2D eigenvalue weighted by atomic mass is 32.1. The fourth-order valence-corrected chi connectivity index (χ4v) is 3.08. The summed E-state index contributed by atoms with van der Waals surface area (Å²) in [5, 5.41) is 2.57. The molecule has 6 nitrogen and oxygen atoms in total. The van der Waals surface area contributed by atoms with Gasteiger partial charge in [0.05, 0.1) is 12.8 Å². The molecule has 0 saturated carbocycles. The number of H-pyrrole nitrogens is 1. The summed E-state index contributed by atoms with van der Waals surface area (Å²) < 4.78 is 5.24. The van der Waals surface area contributed by atoms with Crippen molar-refractivity contribution in [3.63, 3.8) is 0 Å². The number of imidazole rings is 1. The normalized spacial score (nSPS) is 10.7. The molecule has 1 N–H and O–H groups in total. The molecule has 0 atom stereocenters. The van der Waals surface area contributed by atoms with Crippen molar-refractivity contribution < 1.29 is 9.53 Å². The third kappa shape index (κ3) is 3.03. The zero-order valence-electron chi connectivity index (χ0n) is 14.0. The highest BCUT2D eigenvalue weighted by molar-refractivity contribution is 7.14. The molecule has 0 aliphatic carbocycles. The van der Waals surface area contributed by atoms with Gasteiger partial charge < -0.3 is 9.72 Å². The molecule has 2 aromatic heterocycles. The third-order valence-corrected chi connectivity index (χ3v) is 4.66. The van der Waals surface area contributed by atoms with Gasteiger partial charge in [0.15, 0.2) is 5.13 Å². The fourth-order valence-electron chi connectivity index (χ4n) is 2.32. The van der Waals surface area contributed by atoms with Crippen LogP contribution >= 0.6 is 11.3 Å². The van der Waals surface area contributed by atoms with E-state index in [2.05, 4.69) is 15.0 Å². The zero-order valence-corrected chi connectivity index (χ0v) is 14.8. The Morgan fingerprint density at radius 3 is 2.75 bits per heavy atom. The van der Waals surface area contributed by atoms with Crippen molar-refractivity contribution in [3.05, 3.63) is 46.7 Å². The van der Waals surface area contributed by atoms with Crippen LogP contribution in [0, 0.1) is 13.8 Å². The Hall–Kier alpha value is -2.67. The van der Waals surface area contributed by atoms with E-state index in [1.54, 1.807) is 14.2 Å². The van der Waals surface area contributed by atoms with Gasteiger partial charge in [-0.3, -0.25) is 9.69 Å². The number of aryl methyl sites for hydroxylation is 2. The SMILES string of the molecule is COc1cccc(-c2nc(C(=O)N(C)c3nc(C)cs3)c(C)[nH]2)c1. The Morgan fingerprint density at radius 2 is 2.08 bits per heavy atom. The average molecular weight is 342 g/mol. The van der Waals surface area contributed by atoms with Crippen LogP contribution in [0.15, 0.2) is 29.6 Å². The number of hydrogen-bond acceptors (Lipinski definition) is 5. The van der Waals surface area contributed by atoms with Gasteiger partial charge in [0.2, 0.25) is 0 Å². The number of nitrogens with zero attached hydrogens (tertiary/aromatic N) is 3. The van der Waals surface area contributed by atoms with Crippen molar-refractivity contribution in [3.8, 4) is 17.1 Å². The van der Waals surface area contributed by atoms with E-state index in [0.717, 1.165) is 22.7 Å². The molecule has 0 radical (unpaired) electrons. The molecular weight excluding hydrogens is 324 g/mol. The van der Waals surface area contributed by atoms with Gasteiger partial charge in [-0.15, -0.1) is 11.3 Å². The van der Waals surface area contributed by atoms with E-state index >= 15 is 0 Å². The van der Waals surface area contributed by atoms with E-state index in [4.69, 9.17) is 4.74 Å². The van der Waals surface area contributed by atoms with Crippen molar-refractivity contribution in [2.75, 3.05) is 19.1 Å². The zero-order chi connectivity index (χ0) is 17.3. The number of aromatic amines is 1. The van der Waals surface area contributed by atoms with Gasteiger partial charge >= 0.3 is 0 Å². The van der Waals surface area contributed by atoms with E-state index in [0.29, 0.717) is 16.6 Å². The highest BCUT2D eigenvalue weighted by Crippen LogP contribution is 2.25. The van der Waals surface area contributed by atoms with Gasteiger partial charge in [0.1, 0.15) is 17.3 Å². The summed E-state index contributed by atoms with van der Waals surface area (Å²) in [5.41, 5.74) is 2.87. The van der Waals surface area contributed by atoms with Crippen LogP contribution in [-0.2, 0) is 0 Å². The Kier molecular flexibility index (Phi) is 4.35. The number of aromatic nitrogens is 3. The molecule has 1 amide bonds. The summed E-state index contributed by atoms with van der Waals surface area (Å²) in [6, 6.07) is 7.55. The molecule has 3 aromatic rings. The van der Waals surface area contributed by atoms with E-state index in [-0.39, 0.29) is 5.91 Å². The van der Waals surface area contributed by atoms with Crippen molar-refractivity contribution in [2.24, 2.45) is 0 Å². The molecule has 0 spiro atoms. The van der Waals surface area contributed by atoms with Crippen LogP contribution in [0.2, 0.25) is 0 Å². The Labute approximate surface area is 144 Å². The molecule has 0 bridgehead atoms. The maximum absolute atomic E-state index is 12.7. The maximum atomic E-state index is 12.7. The average Bonchev–Trinajstić information content (AvgIpc) is 3.19. The molecule has 7 heteroatoms. The van der Waals surface area contributed by atoms with Crippen LogP contribution in [0.3, 0.4) is 0 Å². The Morgan fingerprint density at radius 1 is 1.29 bits per heavy atom. The summed E-state index contributed by atoms with van der Waals surface area (Å²) in [5.74, 6) is 1.19. The van der Waals surface area contributed by atoms with Gasteiger partial charge in [-0.25, -0.2) is 9.97 Å². The van der Waals surface area contributed by atoms with E-state index in [1.165, 1.54) is 16.2 Å². The highest BCUT2D eigenvalue weighted by Gasteiger charge is 2.22. The Balaban J connectivity index is 1.92. The van der Waals surface area contributed by atoms with Crippen molar-refractivity contribution in [2.45, 2.75) is 13.8 Å². The van der Waals surface area contributed by atoms with E-state index < -0.39 is 0 Å². The molecular formula is C17H18N4O2S. The summed E-state index contributed by atoms with van der Waals surface area (Å²) in [7, 11) is 3.33. The number of thiazole rings is 1. The fraction of sp³-hybridized carbons (Fsp3) is 0.235. The number of anilines is 1. The minimum absolute atomic E-state index is 0.188. The van der Waals surface area contributed by atoms with E-state index in [1.807, 2.05) is 43.5 Å². The van der Waals surface area contributed by atoms with Crippen LogP contribution < -0.4 is 9.64 Å². The number of methoxy groups -OCH3 is 1. The van der Waals surface area contributed by atoms with Gasteiger partial charge in [-0.1, -0.05) is 12.1 Å². The number of nitrogens with one attached hydrogen (secondary N) is 1. The minimum Gasteiger partial charge on any atom is -0.497 e. The first-order valence-electron chi connectivity index (χ1n) is 7.41. The second-order valence-corrected chi connectivity index (χ2v) is 6.26. The number of carbonyl (C=O) groups is 1. The lowest BCUT2D eigenvalue weighted by atomic mass is 10.2. The van der Waals surface area contributed by atoms with Gasteiger partial charge in [-0.05, 0) is 26.0 Å². The Bertz CT molecular complexity index is 884. The molecule has 124 valence electrons. The van der Waals surface area contributed by atoms with Crippen LogP contribution in [0.25, 0.3) is 11.4 Å². The van der Waals surface area contributed by atoms with Crippen molar-refractivity contribution in [1.82, 2.24) is 15.0 Å². The molecule has 0 saturated heterocycles. The molecule has 2 heterocycles. The number of benzene rings is 1. The molecule has 3 rings (SSSR count). The third-order valence-electron chi connectivity index (χ3n) is 3.63. The second kappa shape index (κ2) is 6.45. The second-order valence-electron chi connectivity index (χ2n) is 5.43. The van der Waals surface area contributed by atoms with Crippen LogP contribution in [0.5, 0.6) is 5.75 Å². The lowest BCUT2D eigenvalue weighted by Gasteiger charge is -2.12. The predicted molar refractivity (Wildman–Crippen MR) is 94.9 cm³/mol. The molecule has 1 aromatic carbocycles. The first-order chi connectivity index (χ1) is 11.5. The summed E-state index contributed by atoms with van der Waals surface area (Å²) in [6.45, 7) is 3.74. The summed E-state index contributed by atoms with van der Waals surface area (Å²) in [6.07, 6.45) is 0. The van der Waals surface area contributed by atoms with Gasteiger partial charge in [0.25, 0.3) is 5.91 Å². The van der Waals surface area contributed by atoms with Crippen molar-refractivity contribution >= 4 is 22.4 Å². The molecule has 24 heavy (non-hydrogen) atoms. The lowest BCUT2D eigenvalue weighted by Crippen LogP contribution is -2.27. The molecule has 0 unspecified atom stereocenters. The predicted octanol–water partition coefficient (Wildman–Crippen LogP) is 3.44. The molecule has 0 aliphatic heterocycles. The quantitative estimate of drug-likeness (QED) is 0.788. The largest absolute Gasteiger partial charge is 0.497 e. The number of rotatable bonds is 4. The first kappa shape index (κ1) is 16.2. The van der Waals surface area contributed by atoms with Gasteiger partial charge in [0, 0.05) is 23.7 Å². The maximum Gasteiger partial charge on any atom is 0.280 e. The molecule has 0 fully saturated rings. The van der Waals surface area contributed by atoms with Crippen molar-refractivity contribution in [1.29, 1.82) is 0 Å². The topological polar surface area (TPSA) is 71.1 Å².